The number of nitrogens with zero attached hydrogens (tertiary/aromatic N) is 2. The average Bonchev–Trinajstić information content (AvgIpc) is 2.76. The zero-order chi connectivity index (χ0) is 9.10. The largest absolute Gasteiger partial charge is 0.330 e. The normalized spacial score (nSPS) is 28.1. The van der Waals surface area contributed by atoms with E-state index in [1.165, 1.54) is 30.8 Å². The van der Waals surface area contributed by atoms with Crippen LogP contribution in [0, 0.1) is 5.92 Å². The SMILES string of the molecule is NCC1CCCC1Sc1ncns1. The van der Waals surface area contributed by atoms with Crippen molar-refractivity contribution in [1.82, 2.24) is 9.36 Å². The van der Waals surface area contributed by atoms with Crippen molar-refractivity contribution in [3.8, 4) is 0 Å². The van der Waals surface area contributed by atoms with Gasteiger partial charge in [0.05, 0.1) is 0 Å². The van der Waals surface area contributed by atoms with Gasteiger partial charge in [-0.25, -0.2) is 4.98 Å². The Morgan fingerprint density at radius 3 is 3.23 bits per heavy atom. The molecule has 0 bridgehead atoms. The van der Waals surface area contributed by atoms with E-state index < -0.39 is 0 Å². The molecule has 1 aromatic heterocycles. The molecule has 0 aliphatic heterocycles. The molecule has 3 nitrogen and oxygen atoms in total. The minimum absolute atomic E-state index is 0.679. The summed E-state index contributed by atoms with van der Waals surface area (Å²) in [6, 6.07) is 0. The maximum Gasteiger partial charge on any atom is 0.170 e. The summed E-state index contributed by atoms with van der Waals surface area (Å²) < 4.78 is 5.08. The molecule has 1 fully saturated rings. The molecule has 2 atom stereocenters. The van der Waals surface area contributed by atoms with Crippen LogP contribution in [0.15, 0.2) is 10.7 Å². The quantitative estimate of drug-likeness (QED) is 0.834. The van der Waals surface area contributed by atoms with Crippen LogP contribution in [0.1, 0.15) is 19.3 Å². The summed E-state index contributed by atoms with van der Waals surface area (Å²) in [5.41, 5.74) is 5.71. The van der Waals surface area contributed by atoms with Crippen molar-refractivity contribution in [1.29, 1.82) is 0 Å². The molecule has 1 saturated carbocycles. The van der Waals surface area contributed by atoms with Crippen molar-refractivity contribution in [3.05, 3.63) is 6.33 Å². The summed E-state index contributed by atoms with van der Waals surface area (Å²) in [4.78, 5) is 4.18. The second kappa shape index (κ2) is 4.39. The minimum atomic E-state index is 0.679. The van der Waals surface area contributed by atoms with Crippen molar-refractivity contribution < 1.29 is 0 Å². The Morgan fingerprint density at radius 1 is 1.62 bits per heavy atom. The molecule has 2 N–H and O–H groups in total. The van der Waals surface area contributed by atoms with Gasteiger partial charge in [-0.15, -0.1) is 0 Å². The second-order valence-electron chi connectivity index (χ2n) is 3.29. The highest BCUT2D eigenvalue weighted by atomic mass is 32.2. The number of hydrogen-bond acceptors (Lipinski definition) is 5. The first kappa shape index (κ1) is 9.43. The fourth-order valence-corrected chi connectivity index (χ4v) is 3.81. The van der Waals surface area contributed by atoms with E-state index in [1.54, 1.807) is 6.33 Å². The molecule has 0 spiro atoms. The minimum Gasteiger partial charge on any atom is -0.330 e. The summed E-state index contributed by atoms with van der Waals surface area (Å²) in [7, 11) is 0. The number of nitrogens with two attached hydrogens (primary N) is 1. The Bertz CT molecular complexity index is 250. The van der Waals surface area contributed by atoms with Crippen LogP contribution >= 0.6 is 23.3 Å². The Morgan fingerprint density at radius 2 is 2.54 bits per heavy atom. The molecular weight excluding hydrogens is 202 g/mol. The fourth-order valence-electron chi connectivity index (χ4n) is 1.77. The first-order valence-corrected chi connectivity index (χ1v) is 6.19. The molecule has 1 aliphatic carbocycles. The lowest BCUT2D eigenvalue weighted by Crippen LogP contribution is -2.19. The molecule has 2 rings (SSSR count). The van der Waals surface area contributed by atoms with Crippen LogP contribution in [0.4, 0.5) is 0 Å². The molecule has 1 heterocycles. The predicted molar refractivity (Wildman–Crippen MR) is 55.9 cm³/mol. The van der Waals surface area contributed by atoms with E-state index in [0.29, 0.717) is 11.2 Å². The number of hydrogen-bond donors (Lipinski definition) is 1. The van der Waals surface area contributed by atoms with Crippen LogP contribution in [0.3, 0.4) is 0 Å². The summed E-state index contributed by atoms with van der Waals surface area (Å²) in [6.45, 7) is 0.816. The molecule has 72 valence electrons. The highest BCUT2D eigenvalue weighted by Crippen LogP contribution is 2.38. The van der Waals surface area contributed by atoms with E-state index in [-0.39, 0.29) is 0 Å². The Kier molecular flexibility index (Phi) is 3.18. The van der Waals surface area contributed by atoms with E-state index in [0.717, 1.165) is 10.9 Å². The van der Waals surface area contributed by atoms with E-state index in [4.69, 9.17) is 5.73 Å². The van der Waals surface area contributed by atoms with Crippen LogP contribution in [0.5, 0.6) is 0 Å². The number of thioether (sulfide) groups is 1. The average molecular weight is 215 g/mol. The fraction of sp³-hybridized carbons (Fsp3) is 0.750. The van der Waals surface area contributed by atoms with Gasteiger partial charge >= 0.3 is 0 Å². The van der Waals surface area contributed by atoms with Gasteiger partial charge in [0.2, 0.25) is 0 Å². The third-order valence-corrected chi connectivity index (χ3v) is 4.69. The van der Waals surface area contributed by atoms with Gasteiger partial charge in [-0.2, -0.15) is 4.37 Å². The van der Waals surface area contributed by atoms with E-state index in [9.17, 15) is 0 Å². The summed E-state index contributed by atoms with van der Waals surface area (Å²) in [5.74, 6) is 0.689. The van der Waals surface area contributed by atoms with Crippen molar-refractivity contribution >= 4 is 23.3 Å². The molecule has 1 aromatic rings. The molecule has 0 saturated heterocycles. The topological polar surface area (TPSA) is 51.8 Å². The summed E-state index contributed by atoms with van der Waals surface area (Å²) in [5, 5.41) is 0.679. The van der Waals surface area contributed by atoms with E-state index in [1.807, 2.05) is 11.8 Å². The smallest absolute Gasteiger partial charge is 0.170 e. The third kappa shape index (κ3) is 2.21. The highest BCUT2D eigenvalue weighted by molar-refractivity contribution is 8.01. The van der Waals surface area contributed by atoms with Gasteiger partial charge in [0.25, 0.3) is 0 Å². The van der Waals surface area contributed by atoms with E-state index in [2.05, 4.69) is 9.36 Å². The number of aromatic nitrogens is 2. The molecule has 0 aromatic carbocycles. The predicted octanol–water partition coefficient (Wildman–Crippen LogP) is 1.76. The first-order chi connectivity index (χ1) is 6.40. The van der Waals surface area contributed by atoms with Gasteiger partial charge in [-0.1, -0.05) is 18.2 Å². The van der Waals surface area contributed by atoms with Crippen molar-refractivity contribution in [2.75, 3.05) is 6.54 Å². The van der Waals surface area contributed by atoms with Crippen LogP contribution < -0.4 is 5.73 Å². The lowest BCUT2D eigenvalue weighted by atomic mass is 10.1. The highest BCUT2D eigenvalue weighted by Gasteiger charge is 2.27. The lowest BCUT2D eigenvalue weighted by molar-refractivity contribution is 0.573. The zero-order valence-electron chi connectivity index (χ0n) is 7.35. The Balaban J connectivity index is 1.94. The maximum atomic E-state index is 5.71. The van der Waals surface area contributed by atoms with Gasteiger partial charge in [0.15, 0.2) is 4.34 Å². The Hall–Kier alpha value is -0.130. The van der Waals surface area contributed by atoms with Crippen LogP contribution in [0.25, 0.3) is 0 Å². The summed E-state index contributed by atoms with van der Waals surface area (Å²) in [6.07, 6.45) is 5.51. The van der Waals surface area contributed by atoms with E-state index >= 15 is 0 Å². The second-order valence-corrected chi connectivity index (χ2v) is 5.56. The monoisotopic (exact) mass is 215 g/mol. The van der Waals surface area contributed by atoms with Crippen molar-refractivity contribution in [3.63, 3.8) is 0 Å². The molecule has 0 radical (unpaired) electrons. The molecule has 1 aliphatic rings. The molecule has 2 unspecified atom stereocenters. The standard InChI is InChI=1S/C8H13N3S2/c9-4-6-2-1-3-7(6)12-8-10-5-11-13-8/h5-7H,1-4,9H2. The van der Waals surface area contributed by atoms with Gasteiger partial charge in [-0.05, 0) is 36.8 Å². The third-order valence-electron chi connectivity index (χ3n) is 2.49. The van der Waals surface area contributed by atoms with Gasteiger partial charge in [0.1, 0.15) is 6.33 Å². The molecule has 5 heteroatoms. The molecule has 0 amide bonds. The van der Waals surface area contributed by atoms with Gasteiger partial charge < -0.3 is 5.73 Å². The summed E-state index contributed by atoms with van der Waals surface area (Å²) >= 11 is 3.34. The van der Waals surface area contributed by atoms with Crippen molar-refractivity contribution in [2.24, 2.45) is 11.7 Å². The van der Waals surface area contributed by atoms with Crippen molar-refractivity contribution in [2.45, 2.75) is 28.9 Å². The van der Waals surface area contributed by atoms with Crippen LogP contribution in [-0.2, 0) is 0 Å². The maximum absolute atomic E-state index is 5.71. The molecule has 13 heavy (non-hydrogen) atoms. The lowest BCUT2D eigenvalue weighted by Gasteiger charge is -2.14. The van der Waals surface area contributed by atoms with Gasteiger partial charge in [-0.3, -0.25) is 0 Å². The zero-order valence-corrected chi connectivity index (χ0v) is 8.98. The number of rotatable bonds is 3. The van der Waals surface area contributed by atoms with Crippen LogP contribution in [0.2, 0.25) is 0 Å². The van der Waals surface area contributed by atoms with Gasteiger partial charge in [0, 0.05) is 5.25 Å². The first-order valence-electron chi connectivity index (χ1n) is 4.53. The molecular formula is C8H13N3S2. The Labute approximate surface area is 86.3 Å². The van der Waals surface area contributed by atoms with Crippen LogP contribution in [-0.4, -0.2) is 21.2 Å².